The summed E-state index contributed by atoms with van der Waals surface area (Å²) in [6.45, 7) is 3.98. The number of Topliss-reactive ketones (excluding diaryl/α,β-unsaturated/α-hetero) is 1. The zero-order valence-corrected chi connectivity index (χ0v) is 17.1. The van der Waals surface area contributed by atoms with Crippen molar-refractivity contribution in [3.8, 4) is 5.69 Å². The Labute approximate surface area is 170 Å². The fraction of sp³-hybridized carbons (Fsp3) is 0.136. The van der Waals surface area contributed by atoms with Crippen LogP contribution in [0.3, 0.4) is 0 Å². The van der Waals surface area contributed by atoms with Crippen molar-refractivity contribution in [2.75, 3.05) is 5.75 Å². The van der Waals surface area contributed by atoms with Crippen LogP contribution in [0.15, 0.2) is 70.6 Å². The molecule has 0 spiro atoms. The molecule has 0 unspecified atom stereocenters. The van der Waals surface area contributed by atoms with Crippen LogP contribution in [0.4, 0.5) is 0 Å². The molecule has 0 atom stereocenters. The van der Waals surface area contributed by atoms with E-state index in [0.29, 0.717) is 16.1 Å². The van der Waals surface area contributed by atoms with Crippen LogP contribution in [0.5, 0.6) is 0 Å². The molecule has 0 N–H and O–H groups in total. The number of rotatable bonds is 5. The van der Waals surface area contributed by atoms with Crippen molar-refractivity contribution < 1.29 is 4.79 Å². The Morgan fingerprint density at radius 2 is 1.79 bits per heavy atom. The summed E-state index contributed by atoms with van der Waals surface area (Å²) in [5.74, 6) is 0.275. The molecule has 140 valence electrons. The summed E-state index contributed by atoms with van der Waals surface area (Å²) in [7, 11) is 0. The molecule has 2 heterocycles. The normalized spacial score (nSPS) is 11.1. The molecular formula is C22H18N2O2S2. The number of benzene rings is 2. The van der Waals surface area contributed by atoms with Crippen molar-refractivity contribution in [3.05, 3.63) is 86.3 Å². The van der Waals surface area contributed by atoms with Gasteiger partial charge in [0, 0.05) is 4.88 Å². The highest BCUT2D eigenvalue weighted by molar-refractivity contribution is 7.99. The Morgan fingerprint density at radius 3 is 2.50 bits per heavy atom. The minimum absolute atomic E-state index is 0.0426. The van der Waals surface area contributed by atoms with Gasteiger partial charge in [-0.05, 0) is 50.2 Å². The first-order valence-corrected chi connectivity index (χ1v) is 10.6. The summed E-state index contributed by atoms with van der Waals surface area (Å²) in [5, 5.41) is 1.09. The van der Waals surface area contributed by atoms with Crippen molar-refractivity contribution in [3.63, 3.8) is 0 Å². The maximum Gasteiger partial charge on any atom is 0.266 e. The molecule has 0 aliphatic heterocycles. The van der Waals surface area contributed by atoms with Gasteiger partial charge in [-0.1, -0.05) is 41.6 Å². The average molecular weight is 407 g/mol. The van der Waals surface area contributed by atoms with Crippen molar-refractivity contribution in [1.29, 1.82) is 0 Å². The quantitative estimate of drug-likeness (QED) is 0.265. The number of thioether (sulfide) groups is 1. The van der Waals surface area contributed by atoms with E-state index in [4.69, 9.17) is 0 Å². The summed E-state index contributed by atoms with van der Waals surface area (Å²) in [5.41, 5.74) is 2.37. The molecule has 2 aromatic heterocycles. The number of aromatic nitrogens is 2. The van der Waals surface area contributed by atoms with Gasteiger partial charge >= 0.3 is 0 Å². The van der Waals surface area contributed by atoms with E-state index in [1.54, 1.807) is 10.6 Å². The van der Waals surface area contributed by atoms with Gasteiger partial charge in [-0.25, -0.2) is 4.98 Å². The average Bonchev–Trinajstić information content (AvgIpc) is 3.14. The smallest absolute Gasteiger partial charge is 0.266 e. The monoisotopic (exact) mass is 406 g/mol. The molecule has 2 aromatic carbocycles. The number of nitrogens with zero attached hydrogens (tertiary/aromatic N) is 2. The van der Waals surface area contributed by atoms with Crippen LogP contribution < -0.4 is 5.56 Å². The molecule has 0 saturated heterocycles. The van der Waals surface area contributed by atoms with Crippen LogP contribution in [0.25, 0.3) is 16.6 Å². The highest BCUT2D eigenvalue weighted by atomic mass is 32.2. The standard InChI is InChI=1S/C22H18N2O2S2/c1-14-7-10-16(11-8-14)24-21(26)17-5-3-4-6-18(17)23-22(24)27-13-19(25)20-12-9-15(2)28-20/h3-12H,13H2,1-2H3. The van der Waals surface area contributed by atoms with Gasteiger partial charge in [0.15, 0.2) is 10.9 Å². The van der Waals surface area contributed by atoms with Crippen LogP contribution in [0.1, 0.15) is 20.1 Å². The predicted molar refractivity (Wildman–Crippen MR) is 116 cm³/mol. The minimum atomic E-state index is -0.128. The van der Waals surface area contributed by atoms with Crippen molar-refractivity contribution >= 4 is 39.8 Å². The number of hydrogen-bond donors (Lipinski definition) is 0. The lowest BCUT2D eigenvalue weighted by Gasteiger charge is -2.13. The molecule has 6 heteroatoms. The van der Waals surface area contributed by atoms with Gasteiger partial charge in [0.1, 0.15) is 0 Å². The summed E-state index contributed by atoms with van der Waals surface area (Å²) in [4.78, 5) is 32.2. The Bertz CT molecular complexity index is 1220. The highest BCUT2D eigenvalue weighted by Gasteiger charge is 2.16. The summed E-state index contributed by atoms with van der Waals surface area (Å²) in [6.07, 6.45) is 0. The number of hydrogen-bond acceptors (Lipinski definition) is 5. The fourth-order valence-corrected chi connectivity index (χ4v) is 4.71. The third kappa shape index (κ3) is 3.66. The number of para-hydroxylation sites is 1. The van der Waals surface area contributed by atoms with E-state index in [0.717, 1.165) is 21.0 Å². The number of carbonyl (C=O) groups is 1. The van der Waals surface area contributed by atoms with E-state index in [9.17, 15) is 9.59 Å². The fourth-order valence-electron chi connectivity index (χ4n) is 2.92. The Kier molecular flexibility index (Phi) is 5.15. The molecule has 4 aromatic rings. The van der Waals surface area contributed by atoms with Crippen LogP contribution in [-0.2, 0) is 0 Å². The molecule has 0 bridgehead atoms. The van der Waals surface area contributed by atoms with Gasteiger partial charge in [-0.2, -0.15) is 0 Å². The number of aryl methyl sites for hydroxylation is 2. The van der Waals surface area contributed by atoms with Gasteiger partial charge in [0.2, 0.25) is 0 Å². The minimum Gasteiger partial charge on any atom is -0.292 e. The first kappa shape index (κ1) is 18.7. The molecule has 0 aliphatic carbocycles. The lowest BCUT2D eigenvalue weighted by atomic mass is 10.2. The van der Waals surface area contributed by atoms with E-state index in [1.807, 2.05) is 68.4 Å². The van der Waals surface area contributed by atoms with E-state index in [1.165, 1.54) is 23.1 Å². The summed E-state index contributed by atoms with van der Waals surface area (Å²) < 4.78 is 1.60. The second-order valence-corrected chi connectivity index (χ2v) is 8.74. The van der Waals surface area contributed by atoms with Crippen LogP contribution >= 0.6 is 23.1 Å². The summed E-state index contributed by atoms with van der Waals surface area (Å²) in [6, 6.07) is 18.8. The number of fused-ring (bicyclic) bond motifs is 1. The highest BCUT2D eigenvalue weighted by Crippen LogP contribution is 2.24. The maximum atomic E-state index is 13.2. The third-order valence-corrected chi connectivity index (χ3v) is 6.36. The van der Waals surface area contributed by atoms with Gasteiger partial charge in [-0.3, -0.25) is 14.2 Å². The van der Waals surface area contributed by atoms with Crippen LogP contribution in [0.2, 0.25) is 0 Å². The third-order valence-electron chi connectivity index (χ3n) is 4.38. The van der Waals surface area contributed by atoms with E-state index >= 15 is 0 Å². The molecule has 28 heavy (non-hydrogen) atoms. The van der Waals surface area contributed by atoms with E-state index < -0.39 is 0 Å². The largest absolute Gasteiger partial charge is 0.292 e. The second kappa shape index (κ2) is 7.73. The van der Waals surface area contributed by atoms with Gasteiger partial charge < -0.3 is 0 Å². The van der Waals surface area contributed by atoms with Gasteiger partial charge in [0.05, 0.1) is 27.2 Å². The lowest BCUT2D eigenvalue weighted by Crippen LogP contribution is -2.22. The number of thiophene rings is 1. The SMILES string of the molecule is Cc1ccc(-n2c(SCC(=O)c3ccc(C)s3)nc3ccccc3c2=O)cc1. The zero-order chi connectivity index (χ0) is 19.7. The topological polar surface area (TPSA) is 52.0 Å². The van der Waals surface area contributed by atoms with Crippen molar-refractivity contribution in [2.24, 2.45) is 0 Å². The molecular weight excluding hydrogens is 388 g/mol. The van der Waals surface area contributed by atoms with E-state index in [2.05, 4.69) is 4.98 Å². The lowest BCUT2D eigenvalue weighted by molar-refractivity contribution is 0.102. The zero-order valence-electron chi connectivity index (χ0n) is 15.5. The Balaban J connectivity index is 1.77. The molecule has 4 rings (SSSR count). The molecule has 0 saturated carbocycles. The predicted octanol–water partition coefficient (Wildman–Crippen LogP) is 5.04. The molecule has 0 fully saturated rings. The number of ketones is 1. The van der Waals surface area contributed by atoms with Crippen LogP contribution in [0, 0.1) is 13.8 Å². The van der Waals surface area contributed by atoms with E-state index in [-0.39, 0.29) is 17.1 Å². The molecule has 4 nitrogen and oxygen atoms in total. The van der Waals surface area contributed by atoms with Gasteiger partial charge in [-0.15, -0.1) is 11.3 Å². The molecule has 0 radical (unpaired) electrons. The first-order chi connectivity index (χ1) is 13.5. The van der Waals surface area contributed by atoms with Gasteiger partial charge in [0.25, 0.3) is 5.56 Å². The molecule has 0 aliphatic rings. The molecule has 0 amide bonds. The van der Waals surface area contributed by atoms with Crippen LogP contribution in [-0.4, -0.2) is 21.1 Å². The second-order valence-electron chi connectivity index (χ2n) is 6.51. The Morgan fingerprint density at radius 1 is 1.04 bits per heavy atom. The Hall–Kier alpha value is -2.70. The number of carbonyl (C=O) groups excluding carboxylic acids is 1. The van der Waals surface area contributed by atoms with Crippen molar-refractivity contribution in [2.45, 2.75) is 19.0 Å². The summed E-state index contributed by atoms with van der Waals surface area (Å²) >= 11 is 2.78. The van der Waals surface area contributed by atoms with Crippen molar-refractivity contribution in [1.82, 2.24) is 9.55 Å². The maximum absolute atomic E-state index is 13.2. The first-order valence-electron chi connectivity index (χ1n) is 8.84.